The van der Waals surface area contributed by atoms with Crippen molar-refractivity contribution in [3.8, 4) is 0 Å². The van der Waals surface area contributed by atoms with Crippen molar-refractivity contribution in [1.82, 2.24) is 20.4 Å². The molecule has 0 aromatic carbocycles. The Morgan fingerprint density at radius 3 is 2.68 bits per heavy atom. The van der Waals surface area contributed by atoms with Crippen molar-refractivity contribution in [2.75, 3.05) is 67.1 Å². The number of piperidine rings is 1. The third-order valence-corrected chi connectivity index (χ3v) is 4.82. The molecule has 0 aromatic rings. The van der Waals surface area contributed by atoms with Crippen LogP contribution in [0.25, 0.3) is 0 Å². The van der Waals surface area contributed by atoms with Crippen molar-refractivity contribution in [3.05, 3.63) is 0 Å². The van der Waals surface area contributed by atoms with Crippen molar-refractivity contribution >= 4 is 29.9 Å². The third-order valence-electron chi connectivity index (χ3n) is 4.82. The van der Waals surface area contributed by atoms with Crippen LogP contribution < -0.4 is 10.6 Å². The molecule has 0 aliphatic carbocycles. The number of aliphatic imine (C=N–C) groups is 1. The number of likely N-dealkylation sites (tertiary alicyclic amines) is 1. The lowest BCUT2D eigenvalue weighted by Gasteiger charge is -2.35. The van der Waals surface area contributed by atoms with E-state index in [-0.39, 0.29) is 24.0 Å². The summed E-state index contributed by atoms with van der Waals surface area (Å²) in [5.41, 5.74) is 0. The summed E-state index contributed by atoms with van der Waals surface area (Å²) in [7, 11) is 5.72. The van der Waals surface area contributed by atoms with Crippen LogP contribution >= 0.6 is 24.0 Å². The highest BCUT2D eigenvalue weighted by molar-refractivity contribution is 14.0. The first-order valence-corrected chi connectivity index (χ1v) is 9.57. The number of halogens is 1. The minimum absolute atomic E-state index is 0. The fourth-order valence-corrected chi connectivity index (χ4v) is 3.27. The van der Waals surface area contributed by atoms with Gasteiger partial charge in [-0.25, -0.2) is 0 Å². The molecule has 7 heteroatoms. The molecule has 1 unspecified atom stereocenters. The van der Waals surface area contributed by atoms with Crippen LogP contribution in [-0.2, 0) is 4.74 Å². The molecule has 1 rings (SSSR count). The van der Waals surface area contributed by atoms with Crippen LogP contribution in [0.2, 0.25) is 0 Å². The van der Waals surface area contributed by atoms with Crippen molar-refractivity contribution < 1.29 is 4.74 Å². The second-order valence-corrected chi connectivity index (χ2v) is 6.67. The number of nitrogens with one attached hydrogen (secondary N) is 2. The van der Waals surface area contributed by atoms with E-state index >= 15 is 0 Å². The molecule has 1 atom stereocenters. The number of hydrogen-bond donors (Lipinski definition) is 2. The van der Waals surface area contributed by atoms with E-state index in [9.17, 15) is 0 Å². The fourth-order valence-electron chi connectivity index (χ4n) is 3.27. The van der Waals surface area contributed by atoms with Gasteiger partial charge in [-0.15, -0.1) is 24.0 Å². The molecule has 1 aliphatic heterocycles. The highest BCUT2D eigenvalue weighted by Gasteiger charge is 2.19. The van der Waals surface area contributed by atoms with Crippen LogP contribution in [0.4, 0.5) is 0 Å². The van der Waals surface area contributed by atoms with Crippen LogP contribution in [0.5, 0.6) is 0 Å². The Hall–Kier alpha value is -0.120. The summed E-state index contributed by atoms with van der Waals surface area (Å²) in [4.78, 5) is 9.25. The minimum Gasteiger partial charge on any atom is -0.383 e. The molecular weight excluding hydrogens is 429 g/mol. The largest absolute Gasteiger partial charge is 0.383 e. The Labute approximate surface area is 172 Å². The zero-order valence-corrected chi connectivity index (χ0v) is 19.1. The SMILES string of the molecule is CCC1CCCCN1CCNC(=NC)NCCCN(C)CCOC.I. The van der Waals surface area contributed by atoms with Crippen LogP contribution in [0.3, 0.4) is 0 Å². The molecule has 1 aliphatic rings. The molecule has 0 spiro atoms. The number of hydrogen-bond acceptors (Lipinski definition) is 4. The van der Waals surface area contributed by atoms with E-state index in [1.807, 2.05) is 7.05 Å². The third kappa shape index (κ3) is 11.2. The summed E-state index contributed by atoms with van der Waals surface area (Å²) >= 11 is 0. The molecule has 0 aromatic heterocycles. The highest BCUT2D eigenvalue weighted by atomic mass is 127. The molecule has 0 amide bonds. The van der Waals surface area contributed by atoms with E-state index in [1.54, 1.807) is 7.11 Å². The Balaban J connectivity index is 0.00000576. The average molecular weight is 469 g/mol. The summed E-state index contributed by atoms with van der Waals surface area (Å²) < 4.78 is 5.09. The van der Waals surface area contributed by atoms with E-state index < -0.39 is 0 Å². The maximum Gasteiger partial charge on any atom is 0.191 e. The Kier molecular flexibility index (Phi) is 16.0. The number of methoxy groups -OCH3 is 1. The zero-order chi connectivity index (χ0) is 17.6. The van der Waals surface area contributed by atoms with Gasteiger partial charge in [-0.1, -0.05) is 13.3 Å². The summed E-state index contributed by atoms with van der Waals surface area (Å²) in [5, 5.41) is 6.85. The molecule has 0 radical (unpaired) electrons. The van der Waals surface area contributed by atoms with Gasteiger partial charge in [0, 0.05) is 46.4 Å². The molecule has 0 bridgehead atoms. The lowest BCUT2D eigenvalue weighted by Crippen LogP contribution is -2.46. The molecule has 1 heterocycles. The molecule has 1 fully saturated rings. The van der Waals surface area contributed by atoms with E-state index in [2.05, 4.69) is 39.4 Å². The summed E-state index contributed by atoms with van der Waals surface area (Å²) in [6, 6.07) is 0.776. The fraction of sp³-hybridized carbons (Fsp3) is 0.944. The summed E-state index contributed by atoms with van der Waals surface area (Å²) in [5.74, 6) is 0.916. The van der Waals surface area contributed by atoms with Gasteiger partial charge in [0.1, 0.15) is 0 Å². The van der Waals surface area contributed by atoms with Gasteiger partial charge in [-0.05, 0) is 45.8 Å². The number of guanidine groups is 1. The first kappa shape index (κ1) is 24.9. The number of nitrogens with zero attached hydrogens (tertiary/aromatic N) is 3. The quantitative estimate of drug-likeness (QED) is 0.210. The Morgan fingerprint density at radius 2 is 2.00 bits per heavy atom. The van der Waals surface area contributed by atoms with Gasteiger partial charge < -0.3 is 20.3 Å². The number of ether oxygens (including phenoxy) is 1. The maximum atomic E-state index is 5.09. The van der Waals surface area contributed by atoms with E-state index in [0.717, 1.165) is 57.8 Å². The second kappa shape index (κ2) is 16.1. The zero-order valence-electron chi connectivity index (χ0n) is 16.7. The average Bonchev–Trinajstić information content (AvgIpc) is 2.62. The highest BCUT2D eigenvalue weighted by Crippen LogP contribution is 2.18. The Morgan fingerprint density at radius 1 is 1.24 bits per heavy atom. The number of likely N-dealkylation sites (N-methyl/N-ethyl adjacent to an activating group) is 1. The van der Waals surface area contributed by atoms with Crippen LogP contribution in [-0.4, -0.2) is 88.9 Å². The Bertz CT molecular complexity index is 343. The summed E-state index contributed by atoms with van der Waals surface area (Å²) in [6.07, 6.45) is 6.47. The monoisotopic (exact) mass is 469 g/mol. The van der Waals surface area contributed by atoms with Crippen molar-refractivity contribution in [3.63, 3.8) is 0 Å². The van der Waals surface area contributed by atoms with Crippen molar-refractivity contribution in [2.45, 2.75) is 45.1 Å². The lowest BCUT2D eigenvalue weighted by atomic mass is 10.0. The normalized spacial score (nSPS) is 18.9. The van der Waals surface area contributed by atoms with Crippen LogP contribution in [0.15, 0.2) is 4.99 Å². The smallest absolute Gasteiger partial charge is 0.191 e. The van der Waals surface area contributed by atoms with E-state index in [0.29, 0.717) is 0 Å². The van der Waals surface area contributed by atoms with E-state index in [1.165, 1.54) is 32.2 Å². The molecule has 1 saturated heterocycles. The summed E-state index contributed by atoms with van der Waals surface area (Å²) in [6.45, 7) is 9.42. The van der Waals surface area contributed by atoms with Gasteiger partial charge in [0.15, 0.2) is 5.96 Å². The first-order valence-electron chi connectivity index (χ1n) is 9.57. The van der Waals surface area contributed by atoms with Crippen LogP contribution in [0.1, 0.15) is 39.0 Å². The van der Waals surface area contributed by atoms with E-state index in [4.69, 9.17) is 4.74 Å². The van der Waals surface area contributed by atoms with Gasteiger partial charge in [-0.3, -0.25) is 9.89 Å². The molecule has 25 heavy (non-hydrogen) atoms. The predicted molar refractivity (Wildman–Crippen MR) is 118 cm³/mol. The standard InChI is InChI=1S/C18H39N5O.HI/c1-5-17-9-6-7-13-23(17)14-11-21-18(19-2)20-10-8-12-22(3)15-16-24-4;/h17H,5-16H2,1-4H3,(H2,19,20,21);1H. The number of rotatable bonds is 11. The first-order chi connectivity index (χ1) is 11.7. The van der Waals surface area contributed by atoms with Gasteiger partial charge in [0.2, 0.25) is 0 Å². The predicted octanol–water partition coefficient (Wildman–Crippen LogP) is 2.00. The lowest BCUT2D eigenvalue weighted by molar-refractivity contribution is 0.147. The molecule has 0 saturated carbocycles. The molecular formula is C18H40IN5O. The van der Waals surface area contributed by atoms with Gasteiger partial charge in [0.05, 0.1) is 6.61 Å². The van der Waals surface area contributed by atoms with Crippen molar-refractivity contribution in [2.24, 2.45) is 4.99 Å². The van der Waals surface area contributed by atoms with Gasteiger partial charge in [0.25, 0.3) is 0 Å². The van der Waals surface area contributed by atoms with Crippen molar-refractivity contribution in [1.29, 1.82) is 0 Å². The minimum atomic E-state index is 0. The molecule has 6 nitrogen and oxygen atoms in total. The molecule has 2 N–H and O–H groups in total. The molecule has 150 valence electrons. The van der Waals surface area contributed by atoms with Crippen LogP contribution in [0, 0.1) is 0 Å². The maximum absolute atomic E-state index is 5.09. The topological polar surface area (TPSA) is 52.1 Å². The second-order valence-electron chi connectivity index (χ2n) is 6.67. The van der Waals surface area contributed by atoms with Gasteiger partial charge in [-0.2, -0.15) is 0 Å². The van der Waals surface area contributed by atoms with Gasteiger partial charge >= 0.3 is 0 Å².